The number of nitrogens with two attached hydrogens (primary N) is 1. The van der Waals surface area contributed by atoms with Crippen LogP contribution in [0.2, 0.25) is 0 Å². The number of anilines is 2. The first-order chi connectivity index (χ1) is 9.66. The van der Waals surface area contributed by atoms with E-state index in [1.54, 1.807) is 12.4 Å². The van der Waals surface area contributed by atoms with Crippen molar-refractivity contribution in [2.45, 2.75) is 26.4 Å². The zero-order valence-electron chi connectivity index (χ0n) is 12.0. The molecule has 0 unspecified atom stereocenters. The number of benzene rings is 1. The van der Waals surface area contributed by atoms with Crippen molar-refractivity contribution in [1.82, 2.24) is 4.98 Å². The predicted octanol–water partition coefficient (Wildman–Crippen LogP) is 3.11. The van der Waals surface area contributed by atoms with Gasteiger partial charge in [-0.2, -0.15) is 0 Å². The van der Waals surface area contributed by atoms with Gasteiger partial charge in [0.25, 0.3) is 0 Å². The van der Waals surface area contributed by atoms with E-state index in [2.05, 4.69) is 10.3 Å². The van der Waals surface area contributed by atoms with E-state index in [1.165, 1.54) is 5.56 Å². The second-order valence-electron chi connectivity index (χ2n) is 4.92. The molecule has 3 N–H and O–H groups in total. The Labute approximate surface area is 120 Å². The summed E-state index contributed by atoms with van der Waals surface area (Å²) in [6, 6.07) is 9.84. The van der Waals surface area contributed by atoms with Crippen molar-refractivity contribution in [1.29, 1.82) is 0 Å². The SMILES string of the molecule is CC(C)Oc1cccc(NCCc2ccncc2)c1N. The molecule has 0 saturated heterocycles. The van der Waals surface area contributed by atoms with Crippen LogP contribution in [0.5, 0.6) is 5.75 Å². The molecule has 0 aliphatic carbocycles. The third-order valence-electron chi connectivity index (χ3n) is 2.91. The molecule has 106 valence electrons. The third-order valence-corrected chi connectivity index (χ3v) is 2.91. The minimum absolute atomic E-state index is 0.115. The first kappa shape index (κ1) is 14.2. The standard InChI is InChI=1S/C16H21N3O/c1-12(2)20-15-5-3-4-14(16(15)17)19-11-8-13-6-9-18-10-7-13/h3-7,9-10,12,19H,8,11,17H2,1-2H3. The van der Waals surface area contributed by atoms with Gasteiger partial charge in [0.2, 0.25) is 0 Å². The number of ether oxygens (including phenoxy) is 1. The Bertz CT molecular complexity index is 541. The number of nitrogen functional groups attached to an aromatic ring is 1. The zero-order chi connectivity index (χ0) is 14.4. The highest BCUT2D eigenvalue weighted by Gasteiger charge is 2.07. The van der Waals surface area contributed by atoms with Crippen LogP contribution < -0.4 is 15.8 Å². The van der Waals surface area contributed by atoms with E-state index in [9.17, 15) is 0 Å². The predicted molar refractivity (Wildman–Crippen MR) is 83.0 cm³/mol. The van der Waals surface area contributed by atoms with Crippen molar-refractivity contribution >= 4 is 11.4 Å². The normalized spacial score (nSPS) is 10.6. The molecule has 2 aromatic rings. The summed E-state index contributed by atoms with van der Waals surface area (Å²) in [6.45, 7) is 4.80. The lowest BCUT2D eigenvalue weighted by Crippen LogP contribution is -2.10. The molecule has 0 saturated carbocycles. The quantitative estimate of drug-likeness (QED) is 0.793. The number of hydrogen-bond acceptors (Lipinski definition) is 4. The molecule has 0 aliphatic rings. The van der Waals surface area contributed by atoms with Gasteiger partial charge in [-0.3, -0.25) is 4.98 Å². The molecular formula is C16H21N3O. The van der Waals surface area contributed by atoms with Gasteiger partial charge in [0.1, 0.15) is 5.75 Å². The molecule has 4 nitrogen and oxygen atoms in total. The Balaban J connectivity index is 1.96. The summed E-state index contributed by atoms with van der Waals surface area (Å²) < 4.78 is 5.68. The summed E-state index contributed by atoms with van der Waals surface area (Å²) in [5.41, 5.74) is 8.94. The zero-order valence-corrected chi connectivity index (χ0v) is 12.0. The Morgan fingerprint density at radius 3 is 2.65 bits per heavy atom. The molecule has 0 aliphatic heterocycles. The van der Waals surface area contributed by atoms with Crippen LogP contribution in [0, 0.1) is 0 Å². The van der Waals surface area contributed by atoms with E-state index in [-0.39, 0.29) is 6.10 Å². The Morgan fingerprint density at radius 2 is 1.95 bits per heavy atom. The molecule has 0 radical (unpaired) electrons. The van der Waals surface area contributed by atoms with Crippen LogP contribution in [0.3, 0.4) is 0 Å². The number of nitrogens with one attached hydrogen (secondary N) is 1. The Hall–Kier alpha value is -2.23. The maximum Gasteiger partial charge on any atom is 0.144 e. The van der Waals surface area contributed by atoms with E-state index in [4.69, 9.17) is 10.5 Å². The van der Waals surface area contributed by atoms with Gasteiger partial charge >= 0.3 is 0 Å². The molecule has 1 aromatic heterocycles. The van der Waals surface area contributed by atoms with E-state index in [0.717, 1.165) is 24.4 Å². The van der Waals surface area contributed by atoms with Gasteiger partial charge in [0.15, 0.2) is 0 Å². The first-order valence-electron chi connectivity index (χ1n) is 6.84. The van der Waals surface area contributed by atoms with Gasteiger partial charge in [0, 0.05) is 18.9 Å². The highest BCUT2D eigenvalue weighted by molar-refractivity contribution is 5.72. The van der Waals surface area contributed by atoms with Crippen molar-refractivity contribution < 1.29 is 4.74 Å². The van der Waals surface area contributed by atoms with E-state index in [0.29, 0.717) is 5.69 Å². The number of aromatic nitrogens is 1. The second-order valence-corrected chi connectivity index (χ2v) is 4.92. The molecule has 0 spiro atoms. The van der Waals surface area contributed by atoms with Crippen LogP contribution in [0.4, 0.5) is 11.4 Å². The minimum Gasteiger partial charge on any atom is -0.489 e. The Morgan fingerprint density at radius 1 is 1.20 bits per heavy atom. The van der Waals surface area contributed by atoms with Crippen LogP contribution in [0.1, 0.15) is 19.4 Å². The summed E-state index contributed by atoms with van der Waals surface area (Å²) in [6.07, 6.45) is 4.66. The van der Waals surface area contributed by atoms with Crippen molar-refractivity contribution in [2.75, 3.05) is 17.6 Å². The van der Waals surface area contributed by atoms with Crippen LogP contribution in [-0.2, 0) is 6.42 Å². The first-order valence-corrected chi connectivity index (χ1v) is 6.84. The van der Waals surface area contributed by atoms with Crippen LogP contribution in [0.15, 0.2) is 42.7 Å². The number of hydrogen-bond donors (Lipinski definition) is 2. The molecule has 4 heteroatoms. The highest BCUT2D eigenvalue weighted by Crippen LogP contribution is 2.29. The summed E-state index contributed by atoms with van der Waals surface area (Å²) >= 11 is 0. The summed E-state index contributed by atoms with van der Waals surface area (Å²) in [5.74, 6) is 0.730. The fraction of sp³-hybridized carbons (Fsp3) is 0.312. The highest BCUT2D eigenvalue weighted by atomic mass is 16.5. The van der Waals surface area contributed by atoms with Crippen molar-refractivity contribution in [2.24, 2.45) is 0 Å². The Kier molecular flexibility index (Phi) is 4.82. The number of nitrogens with zero attached hydrogens (tertiary/aromatic N) is 1. The van der Waals surface area contributed by atoms with Gasteiger partial charge in [-0.15, -0.1) is 0 Å². The largest absolute Gasteiger partial charge is 0.489 e. The van der Waals surface area contributed by atoms with Crippen LogP contribution >= 0.6 is 0 Å². The average Bonchev–Trinajstić information content (AvgIpc) is 2.43. The molecule has 2 rings (SSSR count). The monoisotopic (exact) mass is 271 g/mol. The lowest BCUT2D eigenvalue weighted by molar-refractivity contribution is 0.244. The minimum atomic E-state index is 0.115. The topological polar surface area (TPSA) is 60.2 Å². The van der Waals surface area contributed by atoms with E-state index < -0.39 is 0 Å². The summed E-state index contributed by atoms with van der Waals surface area (Å²) in [4.78, 5) is 4.01. The summed E-state index contributed by atoms with van der Waals surface area (Å²) in [7, 11) is 0. The molecule has 0 atom stereocenters. The van der Waals surface area contributed by atoms with Crippen molar-refractivity contribution in [3.8, 4) is 5.75 Å². The summed E-state index contributed by atoms with van der Waals surface area (Å²) in [5, 5.41) is 3.35. The molecule has 0 bridgehead atoms. The number of pyridine rings is 1. The van der Waals surface area contributed by atoms with Gasteiger partial charge in [-0.05, 0) is 50.1 Å². The van der Waals surface area contributed by atoms with Crippen LogP contribution in [0.25, 0.3) is 0 Å². The van der Waals surface area contributed by atoms with Crippen molar-refractivity contribution in [3.63, 3.8) is 0 Å². The molecule has 20 heavy (non-hydrogen) atoms. The van der Waals surface area contributed by atoms with E-state index in [1.807, 2.05) is 44.2 Å². The fourth-order valence-corrected chi connectivity index (χ4v) is 1.95. The van der Waals surface area contributed by atoms with Gasteiger partial charge < -0.3 is 15.8 Å². The van der Waals surface area contributed by atoms with Gasteiger partial charge in [-0.1, -0.05) is 6.07 Å². The lowest BCUT2D eigenvalue weighted by Gasteiger charge is -2.15. The lowest BCUT2D eigenvalue weighted by atomic mass is 10.2. The molecule has 1 aromatic carbocycles. The fourth-order valence-electron chi connectivity index (χ4n) is 1.95. The van der Waals surface area contributed by atoms with Gasteiger partial charge in [0.05, 0.1) is 17.5 Å². The third kappa shape index (κ3) is 3.88. The van der Waals surface area contributed by atoms with Crippen LogP contribution in [-0.4, -0.2) is 17.6 Å². The number of para-hydroxylation sites is 1. The van der Waals surface area contributed by atoms with Gasteiger partial charge in [-0.25, -0.2) is 0 Å². The smallest absolute Gasteiger partial charge is 0.144 e. The second kappa shape index (κ2) is 6.80. The number of rotatable bonds is 6. The van der Waals surface area contributed by atoms with E-state index >= 15 is 0 Å². The molecule has 1 heterocycles. The van der Waals surface area contributed by atoms with Crippen molar-refractivity contribution in [3.05, 3.63) is 48.3 Å². The molecule has 0 amide bonds. The maximum atomic E-state index is 6.11. The molecule has 0 fully saturated rings. The maximum absolute atomic E-state index is 6.11. The molecular weight excluding hydrogens is 250 g/mol. The average molecular weight is 271 g/mol.